The monoisotopic (exact) mass is 597 g/mol. The topological polar surface area (TPSA) is 135 Å². The molecule has 4 atom stereocenters. The highest BCUT2D eigenvalue weighted by Crippen LogP contribution is 2.48. The first-order valence-electron chi connectivity index (χ1n) is 15.3. The fourth-order valence-corrected chi connectivity index (χ4v) is 7.24. The molecule has 10 heteroatoms. The van der Waals surface area contributed by atoms with Crippen molar-refractivity contribution in [3.63, 3.8) is 0 Å². The van der Waals surface area contributed by atoms with Crippen LogP contribution in [0.3, 0.4) is 0 Å². The van der Waals surface area contributed by atoms with Crippen LogP contribution in [0.5, 0.6) is 0 Å². The molecule has 0 bridgehead atoms. The summed E-state index contributed by atoms with van der Waals surface area (Å²) in [7, 11) is 8.62. The number of amides is 3. The molecular formula is C34H43N7O3. The van der Waals surface area contributed by atoms with E-state index in [0.717, 1.165) is 35.1 Å². The molecule has 2 aromatic carbocycles. The van der Waals surface area contributed by atoms with E-state index in [9.17, 15) is 19.6 Å². The molecule has 1 saturated heterocycles. The van der Waals surface area contributed by atoms with Gasteiger partial charge in [0.25, 0.3) is 11.8 Å². The van der Waals surface area contributed by atoms with Gasteiger partial charge >= 0.3 is 0 Å². The van der Waals surface area contributed by atoms with Gasteiger partial charge < -0.3 is 25.8 Å². The lowest BCUT2D eigenvalue weighted by Gasteiger charge is -2.38. The van der Waals surface area contributed by atoms with Crippen molar-refractivity contribution in [3.05, 3.63) is 69.8 Å². The Bertz CT molecular complexity index is 1480. The summed E-state index contributed by atoms with van der Waals surface area (Å²) in [5.41, 5.74) is 11.1. The van der Waals surface area contributed by atoms with Gasteiger partial charge in [-0.05, 0) is 91.5 Å². The number of fused-ring (bicyclic) bond motifs is 3. The summed E-state index contributed by atoms with van der Waals surface area (Å²) in [5, 5.41) is 13.0. The molecule has 0 aromatic heterocycles. The molecule has 1 saturated carbocycles. The third kappa shape index (κ3) is 5.45. The van der Waals surface area contributed by atoms with Crippen molar-refractivity contribution in [2.75, 3.05) is 41.8 Å². The predicted molar refractivity (Wildman–Crippen MR) is 169 cm³/mol. The summed E-state index contributed by atoms with van der Waals surface area (Å²) in [6.07, 6.45) is 3.54. The average Bonchev–Trinajstić information content (AvgIpc) is 3.71. The van der Waals surface area contributed by atoms with Crippen LogP contribution in [0.15, 0.2) is 41.4 Å². The number of rotatable bonds is 8. The number of nitrogens with two attached hydrogens (primary N) is 1. The van der Waals surface area contributed by atoms with Gasteiger partial charge in [-0.15, -0.1) is 0 Å². The van der Waals surface area contributed by atoms with Crippen molar-refractivity contribution < 1.29 is 14.4 Å². The molecule has 232 valence electrons. The maximum atomic E-state index is 13.3. The minimum Gasteiger partial charge on any atom is -0.386 e. The zero-order valence-electron chi connectivity index (χ0n) is 26.6. The largest absolute Gasteiger partial charge is 0.386 e. The fourth-order valence-electron chi connectivity index (χ4n) is 7.24. The van der Waals surface area contributed by atoms with Crippen molar-refractivity contribution >= 4 is 23.6 Å². The Balaban J connectivity index is 1.55. The number of nitrogens with zero attached hydrogens (tertiary/aromatic N) is 5. The highest BCUT2D eigenvalue weighted by Gasteiger charge is 2.54. The minimum atomic E-state index is -0.880. The predicted octanol–water partition coefficient (Wildman–Crippen LogP) is 2.34. The van der Waals surface area contributed by atoms with Crippen LogP contribution < -0.4 is 11.1 Å². The van der Waals surface area contributed by atoms with E-state index in [2.05, 4.69) is 16.4 Å². The Labute approximate surface area is 259 Å². The molecule has 3 aliphatic rings. The normalized spacial score (nSPS) is 22.1. The number of nitriles is 1. The van der Waals surface area contributed by atoms with Crippen LogP contribution in [-0.4, -0.2) is 98.2 Å². The van der Waals surface area contributed by atoms with E-state index in [-0.39, 0.29) is 42.4 Å². The van der Waals surface area contributed by atoms with Gasteiger partial charge in [0.05, 0.1) is 18.0 Å². The maximum absolute atomic E-state index is 13.3. The zero-order chi connectivity index (χ0) is 31.9. The lowest BCUT2D eigenvalue weighted by molar-refractivity contribution is -0.131. The van der Waals surface area contributed by atoms with Gasteiger partial charge in [-0.25, -0.2) is 0 Å². The molecule has 5 rings (SSSR count). The zero-order valence-corrected chi connectivity index (χ0v) is 26.6. The Morgan fingerprint density at radius 1 is 1.02 bits per heavy atom. The van der Waals surface area contributed by atoms with E-state index < -0.39 is 5.41 Å². The maximum Gasteiger partial charge on any atom is 0.253 e. The van der Waals surface area contributed by atoms with Crippen molar-refractivity contribution in [2.24, 2.45) is 16.6 Å². The summed E-state index contributed by atoms with van der Waals surface area (Å²) < 4.78 is 0. The summed E-state index contributed by atoms with van der Waals surface area (Å²) in [5.74, 6) is 0.655. The number of hydrogen-bond acceptors (Lipinski definition) is 6. The number of amidine groups is 1. The summed E-state index contributed by atoms with van der Waals surface area (Å²) in [6, 6.07) is 13.5. The van der Waals surface area contributed by atoms with E-state index in [4.69, 9.17) is 5.73 Å². The number of aryl methyl sites for hydroxylation is 2. The number of aliphatic imine (C=N–C) groups is 1. The number of carbonyl (C=O) groups excluding carboxylic acids is 3. The molecule has 1 heterocycles. The van der Waals surface area contributed by atoms with Crippen molar-refractivity contribution in [3.8, 4) is 6.07 Å². The first kappa shape index (κ1) is 31.2. The van der Waals surface area contributed by atoms with Crippen molar-refractivity contribution in [2.45, 2.75) is 62.6 Å². The lowest BCUT2D eigenvalue weighted by atomic mass is 9.67. The second-order valence-electron chi connectivity index (χ2n) is 12.9. The molecule has 0 unspecified atom stereocenters. The SMILES string of the molecule is CN=C(N)C1(C[C@@H](C)NCC(=O)N2[C@H](C#N)C[C@@H]3C[C@@H]32)c2ccc(C(=O)N(C)C)cc2CCc2cc(C(=O)N(C)C)ccc21. The first-order valence-corrected chi connectivity index (χ1v) is 15.3. The van der Waals surface area contributed by atoms with E-state index >= 15 is 0 Å². The van der Waals surface area contributed by atoms with Gasteiger partial charge in [0.15, 0.2) is 0 Å². The van der Waals surface area contributed by atoms with E-state index in [0.29, 0.717) is 42.1 Å². The molecule has 3 amide bonds. The Hall–Kier alpha value is -4.23. The number of likely N-dealkylation sites (tertiary alicyclic amines) is 1. The number of carbonyl (C=O) groups is 3. The third-order valence-corrected chi connectivity index (χ3v) is 9.53. The Morgan fingerprint density at radius 3 is 2.05 bits per heavy atom. The molecular weight excluding hydrogens is 554 g/mol. The molecule has 0 spiro atoms. The van der Waals surface area contributed by atoms with E-state index in [1.54, 1.807) is 49.9 Å². The Kier molecular flexibility index (Phi) is 8.54. The molecule has 2 aliphatic carbocycles. The number of nitrogens with one attached hydrogen (secondary N) is 1. The summed E-state index contributed by atoms with van der Waals surface area (Å²) in [4.78, 5) is 48.6. The molecule has 10 nitrogen and oxygen atoms in total. The van der Waals surface area contributed by atoms with Crippen LogP contribution in [0.1, 0.15) is 69.2 Å². The van der Waals surface area contributed by atoms with Gasteiger partial charge in [-0.2, -0.15) is 5.26 Å². The number of benzene rings is 2. The number of piperidine rings is 1. The average molecular weight is 598 g/mol. The van der Waals surface area contributed by atoms with Gasteiger partial charge in [-0.3, -0.25) is 19.4 Å². The van der Waals surface area contributed by atoms with Gasteiger partial charge in [0.1, 0.15) is 11.9 Å². The van der Waals surface area contributed by atoms with Crippen molar-refractivity contribution in [1.29, 1.82) is 5.26 Å². The number of hydrogen-bond donors (Lipinski definition) is 2. The molecule has 1 aliphatic heterocycles. The van der Waals surface area contributed by atoms with Gasteiger partial charge in [0.2, 0.25) is 5.91 Å². The van der Waals surface area contributed by atoms with Crippen LogP contribution in [-0.2, 0) is 23.1 Å². The van der Waals surface area contributed by atoms with Crippen LogP contribution in [0.25, 0.3) is 0 Å². The lowest BCUT2D eigenvalue weighted by Crippen LogP contribution is -2.49. The first-order chi connectivity index (χ1) is 20.9. The van der Waals surface area contributed by atoms with Crippen LogP contribution in [0.2, 0.25) is 0 Å². The highest BCUT2D eigenvalue weighted by molar-refractivity contribution is 5.99. The molecule has 2 aromatic rings. The molecule has 44 heavy (non-hydrogen) atoms. The summed E-state index contributed by atoms with van der Waals surface area (Å²) >= 11 is 0. The molecule has 0 radical (unpaired) electrons. The molecule has 2 fully saturated rings. The van der Waals surface area contributed by atoms with E-state index in [1.807, 2.05) is 43.3 Å². The third-order valence-electron chi connectivity index (χ3n) is 9.53. The summed E-state index contributed by atoms with van der Waals surface area (Å²) in [6.45, 7) is 2.15. The van der Waals surface area contributed by atoms with Crippen LogP contribution in [0.4, 0.5) is 0 Å². The standard InChI is InChI=1S/C34H43N7O3/c1-20(38-19-30(42)41-26(18-35)15-25-16-29(25)41)17-34(33(36)37-2)27-11-9-23(31(43)39(3)4)13-21(27)7-8-22-14-24(10-12-28(22)34)32(44)40(5)6/h9-14,20,25-26,29,38H,7-8,15-17,19H2,1-6H3,(H2,36,37)/t20-,25-,26+,29+/m1/s1. The smallest absolute Gasteiger partial charge is 0.253 e. The van der Waals surface area contributed by atoms with E-state index in [1.165, 1.54) is 0 Å². The van der Waals surface area contributed by atoms with Crippen LogP contribution in [0, 0.1) is 17.2 Å². The van der Waals surface area contributed by atoms with Gasteiger partial charge in [-0.1, -0.05) is 12.1 Å². The highest BCUT2D eigenvalue weighted by atomic mass is 16.2. The molecule has 3 N–H and O–H groups in total. The van der Waals surface area contributed by atoms with Gasteiger partial charge in [0, 0.05) is 58.4 Å². The second-order valence-corrected chi connectivity index (χ2v) is 12.9. The van der Waals surface area contributed by atoms with Crippen molar-refractivity contribution in [1.82, 2.24) is 20.0 Å². The quantitative estimate of drug-likeness (QED) is 0.354. The Morgan fingerprint density at radius 2 is 1.57 bits per heavy atom. The minimum absolute atomic E-state index is 0.0556. The van der Waals surface area contributed by atoms with Crippen LogP contribution >= 0.6 is 0 Å². The fraction of sp³-hybridized carbons (Fsp3) is 0.500. The second kappa shape index (κ2) is 12.0.